The molecule has 53 heavy (non-hydrogen) atoms. The van der Waals surface area contributed by atoms with Crippen molar-refractivity contribution in [1.82, 2.24) is 0 Å². The fourth-order valence-corrected chi connectivity index (χ4v) is 7.11. The molecule has 1 atom stereocenters. The Kier molecular flexibility index (Phi) is 10.9. The van der Waals surface area contributed by atoms with E-state index in [9.17, 15) is 13.2 Å². The highest BCUT2D eigenvalue weighted by atomic mass is 32.2. The zero-order valence-corrected chi connectivity index (χ0v) is 30.3. The molecular weight excluding hydrogens is 685 g/mol. The van der Waals surface area contributed by atoms with E-state index in [1.807, 2.05) is 133 Å². The van der Waals surface area contributed by atoms with Gasteiger partial charge in [0.15, 0.2) is 17.3 Å². The van der Waals surface area contributed by atoms with Crippen LogP contribution in [0.5, 0.6) is 23.0 Å². The van der Waals surface area contributed by atoms with Crippen molar-refractivity contribution in [2.24, 2.45) is 0 Å². The van der Waals surface area contributed by atoms with Gasteiger partial charge in [0.2, 0.25) is 0 Å². The van der Waals surface area contributed by atoms with E-state index in [2.05, 4.69) is 0 Å². The van der Waals surface area contributed by atoms with Gasteiger partial charge in [-0.3, -0.25) is 4.79 Å². The Balaban J connectivity index is 1.24. The van der Waals surface area contributed by atoms with Crippen LogP contribution in [0, 0.1) is 0 Å². The van der Waals surface area contributed by atoms with Crippen LogP contribution in [0.15, 0.2) is 146 Å². The molecule has 1 aliphatic rings. The maximum Gasteiger partial charge on any atom is 0.306 e. The maximum absolute atomic E-state index is 14.4. The summed E-state index contributed by atoms with van der Waals surface area (Å²) in [4.78, 5) is 14.4. The van der Waals surface area contributed by atoms with E-state index in [1.165, 1.54) is 0 Å². The lowest BCUT2D eigenvalue weighted by molar-refractivity contribution is 0.0957. The first-order chi connectivity index (χ1) is 25.8. The number of Topliss-reactive ketones (excluding diaryl/α,β-unsaturated/α-hetero) is 1. The molecule has 7 rings (SSSR count). The molecule has 0 radical (unpaired) electrons. The minimum atomic E-state index is -3.66. The highest BCUT2D eigenvalue weighted by Gasteiger charge is 2.33. The molecule has 0 fully saturated rings. The zero-order valence-electron chi connectivity index (χ0n) is 29.4. The van der Waals surface area contributed by atoms with Gasteiger partial charge in [0, 0.05) is 6.42 Å². The number of carbonyl (C=O) groups is 1. The molecule has 0 heterocycles. The van der Waals surface area contributed by atoms with Gasteiger partial charge in [-0.1, -0.05) is 115 Å². The highest BCUT2D eigenvalue weighted by molar-refractivity contribution is 7.86. The third kappa shape index (κ3) is 9.33. The standard InChI is InChI=1S/C45H40O7S/c1-53(47,48)52-40-21-17-32(18-22-40)25-38-28-43(50-30-34-13-7-3-8-14-34)45(51-31-35-15-9-4-10-16-35)44-41(38)26-37(27-42(44)46)36-19-23-39(24-20-36)49-29-33-11-5-2-6-12-33/h2-24,28,37H,25-27,29-31H2,1H3. The highest BCUT2D eigenvalue weighted by Crippen LogP contribution is 2.45. The van der Waals surface area contributed by atoms with Gasteiger partial charge < -0.3 is 18.4 Å². The lowest BCUT2D eigenvalue weighted by Crippen LogP contribution is -2.22. The number of benzene rings is 6. The van der Waals surface area contributed by atoms with E-state index in [0.29, 0.717) is 49.5 Å². The van der Waals surface area contributed by atoms with Crippen LogP contribution in [0.25, 0.3) is 0 Å². The number of fused-ring (bicyclic) bond motifs is 1. The predicted molar refractivity (Wildman–Crippen MR) is 205 cm³/mol. The summed E-state index contributed by atoms with van der Waals surface area (Å²) >= 11 is 0. The molecule has 0 bridgehead atoms. The summed E-state index contributed by atoms with van der Waals surface area (Å²) in [5.74, 6) is 1.89. The summed E-state index contributed by atoms with van der Waals surface area (Å²) in [6.07, 6.45) is 2.44. The summed E-state index contributed by atoms with van der Waals surface area (Å²) in [5.41, 5.74) is 7.45. The minimum absolute atomic E-state index is 0.00738. The van der Waals surface area contributed by atoms with Crippen molar-refractivity contribution >= 4 is 15.9 Å². The van der Waals surface area contributed by atoms with Crippen LogP contribution in [0.2, 0.25) is 0 Å². The number of carbonyl (C=O) groups excluding carboxylic acids is 1. The van der Waals surface area contributed by atoms with Crippen molar-refractivity contribution in [3.63, 3.8) is 0 Å². The van der Waals surface area contributed by atoms with Crippen LogP contribution in [0.1, 0.15) is 61.6 Å². The van der Waals surface area contributed by atoms with Gasteiger partial charge >= 0.3 is 10.1 Å². The summed E-state index contributed by atoms with van der Waals surface area (Å²) in [6, 6.07) is 46.8. The van der Waals surface area contributed by atoms with Crippen LogP contribution in [-0.2, 0) is 42.8 Å². The first kappa shape index (κ1) is 35.5. The van der Waals surface area contributed by atoms with Crippen LogP contribution in [-0.4, -0.2) is 20.5 Å². The van der Waals surface area contributed by atoms with E-state index in [-0.39, 0.29) is 24.1 Å². The Morgan fingerprint density at radius 3 is 1.68 bits per heavy atom. The molecule has 0 saturated heterocycles. The minimum Gasteiger partial charge on any atom is -0.489 e. The second-order valence-corrected chi connectivity index (χ2v) is 14.8. The van der Waals surface area contributed by atoms with Crippen molar-refractivity contribution in [3.05, 3.63) is 190 Å². The molecule has 0 amide bonds. The van der Waals surface area contributed by atoms with E-state index in [1.54, 1.807) is 12.1 Å². The van der Waals surface area contributed by atoms with Gasteiger partial charge in [-0.15, -0.1) is 0 Å². The Morgan fingerprint density at radius 1 is 0.585 bits per heavy atom. The van der Waals surface area contributed by atoms with Crippen molar-refractivity contribution in [3.8, 4) is 23.0 Å². The van der Waals surface area contributed by atoms with Crippen LogP contribution >= 0.6 is 0 Å². The molecule has 7 nitrogen and oxygen atoms in total. The molecule has 1 aliphatic carbocycles. The van der Waals surface area contributed by atoms with Crippen molar-refractivity contribution < 1.29 is 31.6 Å². The van der Waals surface area contributed by atoms with Gasteiger partial charge in [-0.2, -0.15) is 8.42 Å². The van der Waals surface area contributed by atoms with Crippen molar-refractivity contribution in [2.75, 3.05) is 6.26 Å². The van der Waals surface area contributed by atoms with Crippen LogP contribution < -0.4 is 18.4 Å². The quantitative estimate of drug-likeness (QED) is 0.104. The van der Waals surface area contributed by atoms with Crippen molar-refractivity contribution in [2.45, 2.75) is 45.0 Å². The number of hydrogen-bond donors (Lipinski definition) is 0. The maximum atomic E-state index is 14.4. The Labute approximate surface area is 310 Å². The normalized spacial score (nSPS) is 13.9. The molecule has 6 aromatic rings. The van der Waals surface area contributed by atoms with Gasteiger partial charge in [-0.05, 0) is 88.0 Å². The van der Waals surface area contributed by atoms with Crippen LogP contribution in [0.4, 0.5) is 0 Å². The van der Waals surface area contributed by atoms with E-state index in [4.69, 9.17) is 18.4 Å². The third-order valence-electron chi connectivity index (χ3n) is 9.24. The molecule has 6 aromatic carbocycles. The molecule has 0 saturated carbocycles. The lowest BCUT2D eigenvalue weighted by Gasteiger charge is -2.29. The molecule has 8 heteroatoms. The average molecular weight is 725 g/mol. The first-order valence-corrected chi connectivity index (χ1v) is 19.4. The van der Waals surface area contributed by atoms with Gasteiger partial charge in [-0.25, -0.2) is 0 Å². The summed E-state index contributed by atoms with van der Waals surface area (Å²) in [7, 11) is -3.66. The molecule has 0 N–H and O–H groups in total. The molecule has 0 aliphatic heterocycles. The van der Waals surface area contributed by atoms with Gasteiger partial charge in [0.25, 0.3) is 0 Å². The zero-order chi connectivity index (χ0) is 36.6. The fraction of sp³-hybridized carbons (Fsp3) is 0.178. The second kappa shape index (κ2) is 16.2. The Hall–Kier alpha value is -5.86. The summed E-state index contributed by atoms with van der Waals surface area (Å²) in [6.45, 7) is 1.05. The summed E-state index contributed by atoms with van der Waals surface area (Å²) < 4.78 is 47.6. The topological polar surface area (TPSA) is 88.1 Å². The van der Waals surface area contributed by atoms with E-state index in [0.717, 1.165) is 50.9 Å². The molecule has 1 unspecified atom stereocenters. The second-order valence-electron chi connectivity index (χ2n) is 13.2. The third-order valence-corrected chi connectivity index (χ3v) is 9.73. The number of ketones is 1. The molecule has 0 spiro atoms. The van der Waals surface area contributed by atoms with Crippen molar-refractivity contribution in [1.29, 1.82) is 0 Å². The lowest BCUT2D eigenvalue weighted by atomic mass is 9.76. The average Bonchev–Trinajstić information content (AvgIpc) is 3.17. The molecule has 0 aromatic heterocycles. The monoisotopic (exact) mass is 724 g/mol. The smallest absolute Gasteiger partial charge is 0.306 e. The van der Waals surface area contributed by atoms with E-state index < -0.39 is 10.1 Å². The Bertz CT molecular complexity index is 2250. The number of rotatable bonds is 14. The largest absolute Gasteiger partial charge is 0.489 e. The summed E-state index contributed by atoms with van der Waals surface area (Å²) in [5, 5.41) is 0. The van der Waals surface area contributed by atoms with Gasteiger partial charge in [0.1, 0.15) is 31.3 Å². The SMILES string of the molecule is CS(=O)(=O)Oc1ccc(Cc2cc(OCc3ccccc3)c(OCc3ccccc3)c3c2CC(c2ccc(OCc4ccccc4)cc2)CC3=O)cc1. The van der Waals surface area contributed by atoms with Crippen LogP contribution in [0.3, 0.4) is 0 Å². The first-order valence-electron chi connectivity index (χ1n) is 17.6. The fourth-order valence-electron chi connectivity index (χ4n) is 6.65. The number of hydrogen-bond acceptors (Lipinski definition) is 7. The molecular formula is C45H40O7S. The number of ether oxygens (including phenoxy) is 3. The Morgan fingerprint density at radius 2 is 1.11 bits per heavy atom. The predicted octanol–water partition coefficient (Wildman–Crippen LogP) is 9.27. The van der Waals surface area contributed by atoms with Gasteiger partial charge in [0.05, 0.1) is 11.8 Å². The van der Waals surface area contributed by atoms with E-state index >= 15 is 0 Å². The molecule has 268 valence electrons.